The molecule has 0 atom stereocenters. The summed E-state index contributed by atoms with van der Waals surface area (Å²) in [5, 5.41) is 0.545. The van der Waals surface area contributed by atoms with Gasteiger partial charge < -0.3 is 4.90 Å². The molecule has 86 valence electrons. The molecule has 0 aliphatic carbocycles. The predicted molar refractivity (Wildman–Crippen MR) is 71.9 cm³/mol. The van der Waals surface area contributed by atoms with Gasteiger partial charge in [0.05, 0.1) is 11.9 Å². The second-order valence-corrected chi connectivity index (χ2v) is 5.51. The third-order valence-electron chi connectivity index (χ3n) is 2.82. The molecule has 1 aromatic carbocycles. The molecule has 1 aliphatic rings. The van der Waals surface area contributed by atoms with Crippen molar-refractivity contribution in [2.75, 3.05) is 11.9 Å². The molecule has 1 aliphatic heterocycles. The third-order valence-corrected chi connectivity index (χ3v) is 4.20. The van der Waals surface area contributed by atoms with Crippen LogP contribution in [0.3, 0.4) is 0 Å². The van der Waals surface area contributed by atoms with Gasteiger partial charge in [0, 0.05) is 23.4 Å². The van der Waals surface area contributed by atoms with E-state index in [-0.39, 0.29) is 0 Å². The van der Waals surface area contributed by atoms with Crippen LogP contribution in [0.5, 0.6) is 0 Å². The van der Waals surface area contributed by atoms with Gasteiger partial charge in [-0.3, -0.25) is 0 Å². The first-order valence-electron chi connectivity index (χ1n) is 5.36. The van der Waals surface area contributed by atoms with Crippen molar-refractivity contribution in [3.63, 3.8) is 0 Å². The van der Waals surface area contributed by atoms with E-state index in [0.29, 0.717) is 5.15 Å². The lowest BCUT2D eigenvalue weighted by Crippen LogP contribution is -2.16. The van der Waals surface area contributed by atoms with Crippen molar-refractivity contribution in [3.05, 3.63) is 47.2 Å². The first-order chi connectivity index (χ1) is 8.24. The van der Waals surface area contributed by atoms with E-state index in [4.69, 9.17) is 11.6 Å². The van der Waals surface area contributed by atoms with E-state index in [1.165, 1.54) is 10.5 Å². The molecule has 0 saturated carbocycles. The Hall–Kier alpha value is -1.19. The molecule has 2 heterocycles. The average molecular weight is 263 g/mol. The summed E-state index contributed by atoms with van der Waals surface area (Å²) in [7, 11) is 2.08. The summed E-state index contributed by atoms with van der Waals surface area (Å²) in [4.78, 5) is 8.82. The Morgan fingerprint density at radius 1 is 1.29 bits per heavy atom. The zero-order valence-electron chi connectivity index (χ0n) is 9.35. The zero-order chi connectivity index (χ0) is 11.8. The Labute approximate surface area is 110 Å². The molecule has 0 fully saturated rings. The van der Waals surface area contributed by atoms with Crippen LogP contribution < -0.4 is 4.90 Å². The molecule has 0 saturated heterocycles. The number of hydrogen-bond donors (Lipinski definition) is 0. The van der Waals surface area contributed by atoms with E-state index >= 15 is 0 Å². The molecule has 0 N–H and O–H groups in total. The Morgan fingerprint density at radius 3 is 3.00 bits per heavy atom. The van der Waals surface area contributed by atoms with Gasteiger partial charge in [-0.1, -0.05) is 41.6 Å². The van der Waals surface area contributed by atoms with Crippen molar-refractivity contribution in [1.29, 1.82) is 0 Å². The van der Waals surface area contributed by atoms with Gasteiger partial charge >= 0.3 is 0 Å². The smallest absolute Gasteiger partial charge is 0.130 e. The summed E-state index contributed by atoms with van der Waals surface area (Å²) >= 11 is 7.72. The monoisotopic (exact) mass is 262 g/mol. The van der Waals surface area contributed by atoms with E-state index in [1.807, 2.05) is 12.3 Å². The van der Waals surface area contributed by atoms with Gasteiger partial charge in [-0.05, 0) is 17.7 Å². The lowest BCUT2D eigenvalue weighted by atomic mass is 10.2. The quantitative estimate of drug-likeness (QED) is 0.671. The van der Waals surface area contributed by atoms with Crippen LogP contribution in [0.15, 0.2) is 46.3 Å². The van der Waals surface area contributed by atoms with Gasteiger partial charge in [0.25, 0.3) is 0 Å². The lowest BCUT2D eigenvalue weighted by Gasteiger charge is -2.18. The van der Waals surface area contributed by atoms with Crippen molar-refractivity contribution < 1.29 is 0 Å². The topological polar surface area (TPSA) is 16.1 Å². The van der Waals surface area contributed by atoms with Gasteiger partial charge in [-0.25, -0.2) is 4.98 Å². The summed E-state index contributed by atoms with van der Waals surface area (Å²) in [6.45, 7) is 0.902. The maximum Gasteiger partial charge on any atom is 0.130 e. The van der Waals surface area contributed by atoms with E-state index < -0.39 is 0 Å². The van der Waals surface area contributed by atoms with Crippen LogP contribution in [0.25, 0.3) is 0 Å². The summed E-state index contributed by atoms with van der Waals surface area (Å²) in [6, 6.07) is 10.4. The summed E-state index contributed by atoms with van der Waals surface area (Å²) in [5.74, 6) is 0. The zero-order valence-corrected chi connectivity index (χ0v) is 10.9. The minimum atomic E-state index is 0.545. The van der Waals surface area contributed by atoms with Crippen LogP contribution >= 0.6 is 23.4 Å². The number of rotatable bonds is 0. The highest BCUT2D eigenvalue weighted by atomic mass is 35.5. The molecule has 2 aromatic rings. The fraction of sp³-hybridized carbons (Fsp3) is 0.154. The second kappa shape index (κ2) is 4.24. The number of pyridine rings is 1. The number of nitrogens with zero attached hydrogens (tertiary/aromatic N) is 2. The third kappa shape index (κ3) is 2.01. The van der Waals surface area contributed by atoms with Crippen molar-refractivity contribution in [2.24, 2.45) is 0 Å². The fourth-order valence-electron chi connectivity index (χ4n) is 1.97. The highest BCUT2D eigenvalue weighted by molar-refractivity contribution is 7.99. The van der Waals surface area contributed by atoms with Gasteiger partial charge in [0.15, 0.2) is 0 Å². The van der Waals surface area contributed by atoms with Gasteiger partial charge in [-0.2, -0.15) is 0 Å². The second-order valence-electron chi connectivity index (χ2n) is 4.04. The van der Waals surface area contributed by atoms with Crippen LogP contribution in [0.2, 0.25) is 5.15 Å². The highest BCUT2D eigenvalue weighted by Gasteiger charge is 2.17. The molecular formula is C13H11ClN2S. The number of benzene rings is 1. The maximum atomic E-state index is 5.96. The van der Waals surface area contributed by atoms with Crippen LogP contribution in [-0.4, -0.2) is 12.0 Å². The molecule has 0 unspecified atom stereocenters. The molecule has 3 rings (SSSR count). The SMILES string of the molecule is CN1Cc2ccccc2Sc2cc(Cl)ncc21. The van der Waals surface area contributed by atoms with E-state index in [9.17, 15) is 0 Å². The van der Waals surface area contributed by atoms with Crippen LogP contribution in [0.4, 0.5) is 5.69 Å². The number of halogens is 1. The van der Waals surface area contributed by atoms with Crippen molar-refractivity contribution in [2.45, 2.75) is 16.3 Å². The standard InChI is InChI=1S/C13H11ClN2S/c1-16-8-9-4-2-3-5-11(9)17-12-6-13(14)15-7-10(12)16/h2-7H,8H2,1H3. The maximum absolute atomic E-state index is 5.96. The molecule has 0 bridgehead atoms. The van der Waals surface area contributed by atoms with Crippen LogP contribution in [-0.2, 0) is 6.54 Å². The molecule has 0 amide bonds. The van der Waals surface area contributed by atoms with E-state index in [0.717, 1.165) is 17.1 Å². The molecule has 17 heavy (non-hydrogen) atoms. The largest absolute Gasteiger partial charge is 0.368 e. The normalized spacial score (nSPS) is 13.9. The van der Waals surface area contributed by atoms with E-state index in [1.54, 1.807) is 11.8 Å². The molecule has 0 spiro atoms. The van der Waals surface area contributed by atoms with Crippen molar-refractivity contribution >= 4 is 29.1 Å². The van der Waals surface area contributed by atoms with Gasteiger partial charge in [0.1, 0.15) is 5.15 Å². The first-order valence-corrected chi connectivity index (χ1v) is 6.56. The lowest BCUT2D eigenvalue weighted by molar-refractivity contribution is 0.895. The van der Waals surface area contributed by atoms with Crippen molar-refractivity contribution in [3.8, 4) is 0 Å². The summed E-state index contributed by atoms with van der Waals surface area (Å²) in [6.07, 6.45) is 1.84. The Morgan fingerprint density at radius 2 is 2.12 bits per heavy atom. The molecule has 1 aromatic heterocycles. The van der Waals surface area contributed by atoms with Crippen LogP contribution in [0.1, 0.15) is 5.56 Å². The van der Waals surface area contributed by atoms with Crippen molar-refractivity contribution in [1.82, 2.24) is 4.98 Å². The van der Waals surface area contributed by atoms with E-state index in [2.05, 4.69) is 41.2 Å². The minimum absolute atomic E-state index is 0.545. The predicted octanol–water partition coefficient (Wildman–Crippen LogP) is 3.84. The Balaban J connectivity index is 2.15. The van der Waals surface area contributed by atoms with Gasteiger partial charge in [-0.15, -0.1) is 0 Å². The number of fused-ring (bicyclic) bond motifs is 2. The fourth-order valence-corrected chi connectivity index (χ4v) is 3.32. The average Bonchev–Trinajstić information content (AvgIpc) is 2.44. The Kier molecular flexibility index (Phi) is 2.73. The number of hydrogen-bond acceptors (Lipinski definition) is 3. The molecular weight excluding hydrogens is 252 g/mol. The first kappa shape index (κ1) is 10.9. The minimum Gasteiger partial charge on any atom is -0.368 e. The number of anilines is 1. The highest BCUT2D eigenvalue weighted by Crippen LogP contribution is 2.40. The Bertz CT molecular complexity index is 571. The summed E-state index contributed by atoms with van der Waals surface area (Å²) < 4.78 is 0. The van der Waals surface area contributed by atoms with Crippen LogP contribution in [0, 0.1) is 0 Å². The molecule has 4 heteroatoms. The summed E-state index contributed by atoms with van der Waals surface area (Å²) in [5.41, 5.74) is 2.47. The van der Waals surface area contributed by atoms with Gasteiger partial charge in [0.2, 0.25) is 0 Å². The number of aromatic nitrogens is 1. The molecule has 2 nitrogen and oxygen atoms in total. The molecule has 0 radical (unpaired) electrons.